The van der Waals surface area contributed by atoms with Gasteiger partial charge in [0.15, 0.2) is 0 Å². The largest absolute Gasteiger partial charge is 0.445 e. The quantitative estimate of drug-likeness (QED) is 0.924. The summed E-state index contributed by atoms with van der Waals surface area (Å²) in [5.41, 5.74) is 1.99. The molecule has 0 saturated carbocycles. The summed E-state index contributed by atoms with van der Waals surface area (Å²) in [5, 5.41) is 7.19. The molecule has 0 aliphatic rings. The van der Waals surface area contributed by atoms with E-state index < -0.39 is 17.1 Å². The van der Waals surface area contributed by atoms with Crippen molar-refractivity contribution >= 4 is 33.7 Å². The Morgan fingerprint density at radius 1 is 1.39 bits per heavy atom. The Bertz CT molecular complexity index is 577. The van der Waals surface area contributed by atoms with Crippen LogP contribution in [0.2, 0.25) is 0 Å². The maximum absolute atomic E-state index is 12.3. The van der Waals surface area contributed by atoms with E-state index in [1.807, 2.05) is 0 Å². The minimum Gasteiger partial charge on any atom is -0.296 e. The molecular weight excluding hydrogens is 289 g/mol. The monoisotopic (exact) mass is 294 g/mol. The summed E-state index contributed by atoms with van der Waals surface area (Å²) in [6.07, 6.45) is -4.55. The molecule has 0 aliphatic carbocycles. The van der Waals surface area contributed by atoms with Crippen LogP contribution in [0.4, 0.5) is 18.3 Å². The van der Waals surface area contributed by atoms with Gasteiger partial charge in [-0.3, -0.25) is 10.1 Å². The molecule has 0 atom stereocenters. The first-order chi connectivity index (χ1) is 8.38. The Hall–Kier alpha value is -1.55. The van der Waals surface area contributed by atoms with Gasteiger partial charge >= 0.3 is 6.18 Å². The number of nitrogens with zero attached hydrogens (tertiary/aromatic N) is 3. The van der Waals surface area contributed by atoms with E-state index in [0.29, 0.717) is 10.6 Å². The summed E-state index contributed by atoms with van der Waals surface area (Å²) in [7, 11) is 0. The molecule has 1 amide bonds. The average molecular weight is 294 g/mol. The van der Waals surface area contributed by atoms with Gasteiger partial charge in [-0.05, 0) is 6.92 Å². The normalized spacial score (nSPS) is 11.6. The topological polar surface area (TPSA) is 67.8 Å². The molecule has 0 aromatic carbocycles. The number of halogens is 3. The van der Waals surface area contributed by atoms with E-state index in [9.17, 15) is 18.0 Å². The fourth-order valence-corrected chi connectivity index (χ4v) is 2.37. The first-order valence-electron chi connectivity index (χ1n) is 4.50. The van der Waals surface area contributed by atoms with Crippen LogP contribution >= 0.6 is 22.7 Å². The Morgan fingerprint density at radius 3 is 2.61 bits per heavy atom. The highest BCUT2D eigenvalue weighted by Crippen LogP contribution is 2.33. The zero-order valence-electron chi connectivity index (χ0n) is 8.78. The number of hydrogen-bond donors (Lipinski definition) is 1. The van der Waals surface area contributed by atoms with Gasteiger partial charge in [0, 0.05) is 0 Å². The minimum atomic E-state index is -4.55. The Balaban J connectivity index is 2.13. The second kappa shape index (κ2) is 4.61. The summed E-state index contributed by atoms with van der Waals surface area (Å²) >= 11 is 1.38. The number of carbonyl (C=O) groups is 1. The molecule has 1 N–H and O–H groups in total. The second-order valence-corrected chi connectivity index (χ2v) is 4.96. The first-order valence-corrected chi connectivity index (χ1v) is 6.19. The van der Waals surface area contributed by atoms with Crippen molar-refractivity contribution in [3.05, 3.63) is 21.1 Å². The van der Waals surface area contributed by atoms with Crippen LogP contribution in [0, 0.1) is 6.92 Å². The predicted octanol–water partition coefficient (Wildman–Crippen LogP) is 2.57. The van der Waals surface area contributed by atoms with Gasteiger partial charge in [-0.1, -0.05) is 11.3 Å². The third-order valence-corrected chi connectivity index (χ3v) is 3.65. The van der Waals surface area contributed by atoms with Gasteiger partial charge in [0.25, 0.3) is 5.91 Å². The first kappa shape index (κ1) is 12.9. The summed E-state index contributed by atoms with van der Waals surface area (Å²) in [6.45, 7) is 1.63. The third kappa shape index (κ3) is 2.64. The number of aromatic nitrogens is 3. The van der Waals surface area contributed by atoms with Gasteiger partial charge in [0.1, 0.15) is 4.88 Å². The lowest BCUT2D eigenvalue weighted by atomic mass is 10.4. The molecule has 10 heteroatoms. The highest BCUT2D eigenvalue weighted by molar-refractivity contribution is 7.15. The molecule has 0 bridgehead atoms. The van der Waals surface area contributed by atoms with Crippen LogP contribution in [0.1, 0.15) is 20.4 Å². The SMILES string of the molecule is Cc1ncsc1C(=O)Nc1nnc(C(F)(F)F)s1. The van der Waals surface area contributed by atoms with Crippen molar-refractivity contribution in [1.29, 1.82) is 0 Å². The number of aryl methyl sites for hydroxylation is 1. The number of nitrogens with one attached hydrogen (secondary N) is 1. The molecule has 18 heavy (non-hydrogen) atoms. The Kier molecular flexibility index (Phi) is 3.30. The number of carbonyl (C=O) groups excluding carboxylic acids is 1. The van der Waals surface area contributed by atoms with Crippen LogP contribution in [0.3, 0.4) is 0 Å². The van der Waals surface area contributed by atoms with Gasteiger partial charge in [-0.25, -0.2) is 4.98 Å². The average Bonchev–Trinajstić information content (AvgIpc) is 2.85. The molecular formula is C8H5F3N4OS2. The van der Waals surface area contributed by atoms with Gasteiger partial charge in [0.2, 0.25) is 10.1 Å². The highest BCUT2D eigenvalue weighted by atomic mass is 32.1. The maximum Gasteiger partial charge on any atom is 0.445 e. The van der Waals surface area contributed by atoms with Crippen LogP contribution in [-0.4, -0.2) is 21.1 Å². The van der Waals surface area contributed by atoms with E-state index in [4.69, 9.17) is 0 Å². The van der Waals surface area contributed by atoms with Gasteiger partial charge in [0.05, 0.1) is 11.2 Å². The third-order valence-electron chi connectivity index (χ3n) is 1.84. The van der Waals surface area contributed by atoms with Crippen molar-refractivity contribution < 1.29 is 18.0 Å². The summed E-state index contributed by atoms with van der Waals surface area (Å²) < 4.78 is 36.8. The van der Waals surface area contributed by atoms with Crippen LogP contribution in [-0.2, 0) is 6.18 Å². The minimum absolute atomic E-state index is 0.194. The zero-order valence-corrected chi connectivity index (χ0v) is 10.4. The van der Waals surface area contributed by atoms with E-state index in [1.165, 1.54) is 5.51 Å². The molecule has 5 nitrogen and oxygen atoms in total. The van der Waals surface area contributed by atoms with Gasteiger partial charge < -0.3 is 0 Å². The van der Waals surface area contributed by atoms with Gasteiger partial charge in [-0.15, -0.1) is 21.5 Å². The lowest BCUT2D eigenvalue weighted by molar-refractivity contribution is -0.138. The van der Waals surface area contributed by atoms with Crippen LogP contribution in [0.5, 0.6) is 0 Å². The van der Waals surface area contributed by atoms with E-state index in [1.54, 1.807) is 6.92 Å². The number of anilines is 1. The van der Waals surface area contributed by atoms with E-state index in [0.717, 1.165) is 11.3 Å². The number of thiazole rings is 1. The van der Waals surface area contributed by atoms with E-state index in [2.05, 4.69) is 20.5 Å². The fraction of sp³-hybridized carbons (Fsp3) is 0.250. The standard InChI is InChI=1S/C8H5F3N4OS2/c1-3-4(17-2-12-3)5(16)13-7-15-14-6(18-7)8(9,10)11/h2H,1H3,(H,13,15,16). The smallest absolute Gasteiger partial charge is 0.296 e. The molecule has 0 unspecified atom stereocenters. The van der Waals surface area contributed by atoms with Crippen LogP contribution in [0.15, 0.2) is 5.51 Å². The van der Waals surface area contributed by atoms with Crippen molar-refractivity contribution in [3.8, 4) is 0 Å². The number of amides is 1. The number of rotatable bonds is 2. The Labute approximate surface area is 107 Å². The van der Waals surface area contributed by atoms with Crippen molar-refractivity contribution in [3.63, 3.8) is 0 Å². The molecule has 0 saturated heterocycles. The number of hydrogen-bond acceptors (Lipinski definition) is 6. The lowest BCUT2D eigenvalue weighted by Crippen LogP contribution is -2.11. The molecule has 0 radical (unpaired) electrons. The molecule has 0 aliphatic heterocycles. The maximum atomic E-state index is 12.3. The number of alkyl halides is 3. The molecule has 2 aromatic heterocycles. The van der Waals surface area contributed by atoms with E-state index in [-0.39, 0.29) is 16.5 Å². The zero-order chi connectivity index (χ0) is 13.3. The Morgan fingerprint density at radius 2 is 2.11 bits per heavy atom. The summed E-state index contributed by atoms with van der Waals surface area (Å²) in [5.74, 6) is -0.542. The summed E-state index contributed by atoms with van der Waals surface area (Å²) in [4.78, 5) is 15.9. The van der Waals surface area contributed by atoms with Crippen molar-refractivity contribution in [1.82, 2.24) is 15.2 Å². The predicted molar refractivity (Wildman–Crippen MR) is 59.7 cm³/mol. The fourth-order valence-electron chi connectivity index (χ4n) is 1.06. The van der Waals surface area contributed by atoms with Crippen molar-refractivity contribution in [2.45, 2.75) is 13.1 Å². The molecule has 2 rings (SSSR count). The second-order valence-electron chi connectivity index (χ2n) is 3.13. The lowest BCUT2D eigenvalue weighted by Gasteiger charge is -1.99. The molecule has 2 heterocycles. The van der Waals surface area contributed by atoms with Crippen LogP contribution in [0.25, 0.3) is 0 Å². The van der Waals surface area contributed by atoms with E-state index >= 15 is 0 Å². The highest BCUT2D eigenvalue weighted by Gasteiger charge is 2.35. The molecule has 0 spiro atoms. The van der Waals surface area contributed by atoms with Gasteiger partial charge in [-0.2, -0.15) is 13.2 Å². The van der Waals surface area contributed by atoms with Crippen molar-refractivity contribution in [2.24, 2.45) is 0 Å². The van der Waals surface area contributed by atoms with Crippen molar-refractivity contribution in [2.75, 3.05) is 5.32 Å². The molecule has 96 valence electrons. The summed E-state index contributed by atoms with van der Waals surface area (Å²) in [6, 6.07) is 0. The molecule has 0 fully saturated rings. The molecule has 2 aromatic rings. The van der Waals surface area contributed by atoms with Crippen LogP contribution < -0.4 is 5.32 Å².